The van der Waals surface area contributed by atoms with Crippen LogP contribution in [0.5, 0.6) is 0 Å². The van der Waals surface area contributed by atoms with Crippen LogP contribution in [0.4, 0.5) is 0 Å². The third-order valence-electron chi connectivity index (χ3n) is 4.93. The summed E-state index contributed by atoms with van der Waals surface area (Å²) in [6.45, 7) is 5.95. The van der Waals surface area contributed by atoms with Crippen LogP contribution in [0, 0.1) is 6.92 Å². The molecule has 0 atom stereocenters. The fourth-order valence-corrected chi connectivity index (χ4v) is 3.25. The summed E-state index contributed by atoms with van der Waals surface area (Å²) in [6.07, 6.45) is 0.462. The number of hydrogen-bond acceptors (Lipinski definition) is 3. The van der Waals surface area contributed by atoms with Gasteiger partial charge in [-0.05, 0) is 35.7 Å². The molecule has 5 nitrogen and oxygen atoms in total. The number of amides is 1. The van der Waals surface area contributed by atoms with Gasteiger partial charge in [-0.3, -0.25) is 9.69 Å². The largest absolute Gasteiger partial charge is 0.478 e. The number of rotatable bonds is 5. The van der Waals surface area contributed by atoms with Gasteiger partial charge in [0.2, 0.25) is 5.91 Å². The summed E-state index contributed by atoms with van der Waals surface area (Å²) in [5.41, 5.74) is 3.65. The van der Waals surface area contributed by atoms with Gasteiger partial charge in [0.05, 0.1) is 12.0 Å². The zero-order chi connectivity index (χ0) is 18.5. The summed E-state index contributed by atoms with van der Waals surface area (Å²) < 4.78 is 0. The third kappa shape index (κ3) is 4.49. The first-order valence-electron chi connectivity index (χ1n) is 8.90. The zero-order valence-electron chi connectivity index (χ0n) is 15.0. The predicted octanol–water partition coefficient (Wildman–Crippen LogP) is 2.58. The Kier molecular flexibility index (Phi) is 5.68. The normalized spacial score (nSPS) is 15.0. The number of piperazine rings is 1. The Morgan fingerprint density at radius 3 is 2.23 bits per heavy atom. The SMILES string of the molecule is Cc1ccccc1CC(=O)N1CCN(Cc2ccc(C(=O)O)cc2)CC1. The quantitative estimate of drug-likeness (QED) is 0.898. The maximum atomic E-state index is 12.5. The van der Waals surface area contributed by atoms with Crippen LogP contribution in [0.2, 0.25) is 0 Å². The summed E-state index contributed by atoms with van der Waals surface area (Å²) >= 11 is 0. The second-order valence-electron chi connectivity index (χ2n) is 6.76. The van der Waals surface area contributed by atoms with Crippen LogP contribution >= 0.6 is 0 Å². The molecule has 0 spiro atoms. The Bertz CT molecular complexity index is 778. The van der Waals surface area contributed by atoms with Crippen molar-refractivity contribution < 1.29 is 14.7 Å². The third-order valence-corrected chi connectivity index (χ3v) is 4.93. The molecule has 26 heavy (non-hydrogen) atoms. The van der Waals surface area contributed by atoms with Crippen molar-refractivity contribution in [1.29, 1.82) is 0 Å². The number of carboxylic acids is 1. The van der Waals surface area contributed by atoms with Gasteiger partial charge in [-0.1, -0.05) is 36.4 Å². The Hall–Kier alpha value is -2.66. The zero-order valence-corrected chi connectivity index (χ0v) is 15.0. The van der Waals surface area contributed by atoms with Crippen LogP contribution < -0.4 is 0 Å². The molecule has 0 bridgehead atoms. The van der Waals surface area contributed by atoms with Gasteiger partial charge in [0.25, 0.3) is 0 Å². The average Bonchev–Trinajstić information content (AvgIpc) is 2.64. The molecule has 1 aliphatic heterocycles. The van der Waals surface area contributed by atoms with Crippen molar-refractivity contribution in [3.05, 3.63) is 70.8 Å². The molecule has 1 aliphatic rings. The summed E-state index contributed by atoms with van der Waals surface area (Å²) in [5.74, 6) is -0.720. The number of nitrogens with zero attached hydrogens (tertiary/aromatic N) is 2. The van der Waals surface area contributed by atoms with Gasteiger partial charge in [0.1, 0.15) is 0 Å². The van der Waals surface area contributed by atoms with Gasteiger partial charge in [-0.2, -0.15) is 0 Å². The molecule has 0 unspecified atom stereocenters. The molecule has 1 amide bonds. The van der Waals surface area contributed by atoms with Gasteiger partial charge >= 0.3 is 5.97 Å². The van der Waals surface area contributed by atoms with E-state index in [1.165, 1.54) is 0 Å². The number of hydrogen-bond donors (Lipinski definition) is 1. The van der Waals surface area contributed by atoms with E-state index in [4.69, 9.17) is 5.11 Å². The highest BCUT2D eigenvalue weighted by Gasteiger charge is 2.21. The molecule has 5 heteroatoms. The van der Waals surface area contributed by atoms with E-state index in [-0.39, 0.29) is 5.91 Å². The van der Waals surface area contributed by atoms with Crippen LogP contribution in [-0.4, -0.2) is 53.0 Å². The fraction of sp³-hybridized carbons (Fsp3) is 0.333. The van der Waals surface area contributed by atoms with Crippen LogP contribution in [0.25, 0.3) is 0 Å². The number of carbonyl (C=O) groups is 2. The van der Waals surface area contributed by atoms with E-state index in [0.717, 1.165) is 49.4 Å². The molecule has 1 N–H and O–H groups in total. The van der Waals surface area contributed by atoms with Gasteiger partial charge in [0, 0.05) is 32.7 Å². The molecule has 136 valence electrons. The summed E-state index contributed by atoms with van der Waals surface area (Å²) in [7, 11) is 0. The van der Waals surface area contributed by atoms with Crippen LogP contribution in [-0.2, 0) is 17.8 Å². The van der Waals surface area contributed by atoms with Crippen molar-refractivity contribution in [3.8, 4) is 0 Å². The van der Waals surface area contributed by atoms with Crippen molar-refractivity contribution in [1.82, 2.24) is 9.80 Å². The molecule has 0 aliphatic carbocycles. The lowest BCUT2D eigenvalue weighted by Gasteiger charge is -2.35. The van der Waals surface area contributed by atoms with Crippen molar-refractivity contribution in [2.45, 2.75) is 19.9 Å². The summed E-state index contributed by atoms with van der Waals surface area (Å²) in [6, 6.07) is 15.0. The molecule has 3 rings (SSSR count). The van der Waals surface area contributed by atoms with Crippen molar-refractivity contribution >= 4 is 11.9 Å². The maximum absolute atomic E-state index is 12.5. The van der Waals surface area contributed by atoms with Gasteiger partial charge < -0.3 is 10.0 Å². The smallest absolute Gasteiger partial charge is 0.335 e. The first-order valence-corrected chi connectivity index (χ1v) is 8.90. The van der Waals surface area contributed by atoms with Crippen LogP contribution in [0.1, 0.15) is 27.0 Å². The van der Waals surface area contributed by atoms with Gasteiger partial charge in [0.15, 0.2) is 0 Å². The average molecular weight is 352 g/mol. The van der Waals surface area contributed by atoms with E-state index in [1.807, 2.05) is 48.2 Å². The number of carbonyl (C=O) groups excluding carboxylic acids is 1. The fourth-order valence-electron chi connectivity index (χ4n) is 3.25. The number of aryl methyl sites for hydroxylation is 1. The number of carboxylic acid groups (broad SMARTS) is 1. The molecule has 0 radical (unpaired) electrons. The lowest BCUT2D eigenvalue weighted by atomic mass is 10.1. The van der Waals surface area contributed by atoms with Crippen LogP contribution in [0.3, 0.4) is 0 Å². The first-order chi connectivity index (χ1) is 12.5. The molecule has 2 aromatic carbocycles. The van der Waals surface area contributed by atoms with Crippen molar-refractivity contribution in [2.75, 3.05) is 26.2 Å². The Morgan fingerprint density at radius 1 is 0.962 bits per heavy atom. The Morgan fingerprint density at radius 2 is 1.62 bits per heavy atom. The minimum absolute atomic E-state index is 0.185. The number of benzene rings is 2. The molecular formula is C21H24N2O3. The van der Waals surface area contributed by atoms with E-state index in [0.29, 0.717) is 12.0 Å². The standard InChI is InChI=1S/C21H24N2O3/c1-16-4-2-3-5-19(16)14-20(24)23-12-10-22(11-13-23)15-17-6-8-18(9-7-17)21(25)26/h2-9H,10-15H2,1H3,(H,25,26). The van der Waals surface area contributed by atoms with E-state index in [2.05, 4.69) is 4.90 Å². The molecule has 1 saturated heterocycles. The minimum Gasteiger partial charge on any atom is -0.478 e. The highest BCUT2D eigenvalue weighted by Crippen LogP contribution is 2.13. The predicted molar refractivity (Wildman–Crippen MR) is 100 cm³/mol. The van der Waals surface area contributed by atoms with Crippen LogP contribution in [0.15, 0.2) is 48.5 Å². The summed E-state index contributed by atoms with van der Waals surface area (Å²) in [5, 5.41) is 8.95. The van der Waals surface area contributed by atoms with Crippen molar-refractivity contribution in [2.24, 2.45) is 0 Å². The molecule has 2 aromatic rings. The van der Waals surface area contributed by atoms with E-state index >= 15 is 0 Å². The van der Waals surface area contributed by atoms with Gasteiger partial charge in [-0.15, -0.1) is 0 Å². The Balaban J connectivity index is 1.50. The maximum Gasteiger partial charge on any atom is 0.335 e. The van der Waals surface area contributed by atoms with Gasteiger partial charge in [-0.25, -0.2) is 4.79 Å². The second-order valence-corrected chi connectivity index (χ2v) is 6.76. The molecule has 1 heterocycles. The molecular weight excluding hydrogens is 328 g/mol. The highest BCUT2D eigenvalue weighted by molar-refractivity contribution is 5.87. The minimum atomic E-state index is -0.905. The van der Waals surface area contributed by atoms with E-state index < -0.39 is 5.97 Å². The molecule has 1 fully saturated rings. The lowest BCUT2D eigenvalue weighted by molar-refractivity contribution is -0.132. The molecule has 0 saturated carbocycles. The summed E-state index contributed by atoms with van der Waals surface area (Å²) in [4.78, 5) is 27.7. The topological polar surface area (TPSA) is 60.9 Å². The van der Waals surface area contributed by atoms with E-state index in [9.17, 15) is 9.59 Å². The first kappa shape index (κ1) is 18.1. The number of aromatic carboxylic acids is 1. The highest BCUT2D eigenvalue weighted by atomic mass is 16.4. The monoisotopic (exact) mass is 352 g/mol. The Labute approximate surface area is 153 Å². The molecule has 0 aromatic heterocycles. The lowest BCUT2D eigenvalue weighted by Crippen LogP contribution is -2.48. The second kappa shape index (κ2) is 8.15. The van der Waals surface area contributed by atoms with Crippen molar-refractivity contribution in [3.63, 3.8) is 0 Å². The van der Waals surface area contributed by atoms with E-state index in [1.54, 1.807) is 12.1 Å².